The second kappa shape index (κ2) is 4.90. The Kier molecular flexibility index (Phi) is 3.64. The molecule has 0 saturated heterocycles. The molecule has 0 aliphatic heterocycles. The average molecular weight is 253 g/mol. The number of aliphatic hydroxyl groups excluding tert-OH is 1. The van der Waals surface area contributed by atoms with Gasteiger partial charge < -0.3 is 15.1 Å². The van der Waals surface area contributed by atoms with Crippen molar-refractivity contribution in [2.45, 2.75) is 44.8 Å². The topological polar surface area (TPSA) is 61.5 Å². The number of aromatic nitrogens is 2. The summed E-state index contributed by atoms with van der Waals surface area (Å²) in [7, 11) is 3.82. The van der Waals surface area contributed by atoms with E-state index in [1.165, 1.54) is 0 Å². The lowest BCUT2D eigenvalue weighted by molar-refractivity contribution is 0.0556. The second-order valence-electron chi connectivity index (χ2n) is 5.46. The highest BCUT2D eigenvalue weighted by Crippen LogP contribution is 2.32. The molecule has 0 bridgehead atoms. The minimum Gasteiger partial charge on any atom is -0.391 e. The monoisotopic (exact) mass is 253 g/mol. The standard InChI is InChI=1S/C13H23N3O2/c1-10-11(8-17)12(16(3)14-10)15(2)9-13(18)6-4-5-7-13/h17-18H,4-9H2,1-3H3. The fourth-order valence-electron chi connectivity index (χ4n) is 3.06. The lowest BCUT2D eigenvalue weighted by Gasteiger charge is -2.30. The minimum atomic E-state index is -0.584. The lowest BCUT2D eigenvalue weighted by atomic mass is 10.0. The SMILES string of the molecule is Cc1nn(C)c(N(C)CC2(O)CCCC2)c1CO. The van der Waals surface area contributed by atoms with E-state index >= 15 is 0 Å². The van der Waals surface area contributed by atoms with Gasteiger partial charge in [0.25, 0.3) is 0 Å². The van der Waals surface area contributed by atoms with Crippen LogP contribution in [0.3, 0.4) is 0 Å². The summed E-state index contributed by atoms with van der Waals surface area (Å²) in [6, 6.07) is 0. The Morgan fingerprint density at radius 1 is 1.39 bits per heavy atom. The maximum absolute atomic E-state index is 10.5. The molecule has 2 N–H and O–H groups in total. The van der Waals surface area contributed by atoms with Crippen molar-refractivity contribution in [1.29, 1.82) is 0 Å². The number of rotatable bonds is 4. The highest BCUT2D eigenvalue weighted by molar-refractivity contribution is 5.49. The molecular weight excluding hydrogens is 230 g/mol. The van der Waals surface area contributed by atoms with Crippen molar-refractivity contribution in [2.24, 2.45) is 7.05 Å². The summed E-state index contributed by atoms with van der Waals surface area (Å²) in [6.45, 7) is 2.48. The van der Waals surface area contributed by atoms with Crippen LogP contribution in [0.25, 0.3) is 0 Å². The van der Waals surface area contributed by atoms with Crippen molar-refractivity contribution < 1.29 is 10.2 Å². The van der Waals surface area contributed by atoms with Crippen molar-refractivity contribution in [2.75, 3.05) is 18.5 Å². The molecule has 1 aliphatic rings. The average Bonchev–Trinajstić information content (AvgIpc) is 2.82. The van der Waals surface area contributed by atoms with E-state index in [2.05, 4.69) is 5.10 Å². The van der Waals surface area contributed by atoms with Crippen molar-refractivity contribution in [3.63, 3.8) is 0 Å². The molecular formula is C13H23N3O2. The van der Waals surface area contributed by atoms with Gasteiger partial charge in [0.2, 0.25) is 0 Å². The molecule has 0 radical (unpaired) electrons. The molecule has 0 spiro atoms. The molecule has 1 fully saturated rings. The molecule has 102 valence electrons. The summed E-state index contributed by atoms with van der Waals surface area (Å²) < 4.78 is 1.78. The van der Waals surface area contributed by atoms with Gasteiger partial charge in [-0.25, -0.2) is 0 Å². The van der Waals surface area contributed by atoms with Crippen molar-refractivity contribution in [3.8, 4) is 0 Å². The van der Waals surface area contributed by atoms with Crippen LogP contribution >= 0.6 is 0 Å². The van der Waals surface area contributed by atoms with Crippen LogP contribution < -0.4 is 4.90 Å². The highest BCUT2D eigenvalue weighted by Gasteiger charge is 2.33. The van der Waals surface area contributed by atoms with Crippen LogP contribution in [0.2, 0.25) is 0 Å². The third-order valence-corrected chi connectivity index (χ3v) is 3.90. The van der Waals surface area contributed by atoms with Gasteiger partial charge in [0.1, 0.15) is 5.82 Å². The van der Waals surface area contributed by atoms with Crippen LogP contribution in [-0.2, 0) is 13.7 Å². The predicted octanol–water partition coefficient (Wildman–Crippen LogP) is 0.962. The lowest BCUT2D eigenvalue weighted by Crippen LogP contribution is -2.40. The van der Waals surface area contributed by atoms with E-state index in [0.29, 0.717) is 6.54 Å². The van der Waals surface area contributed by atoms with E-state index in [9.17, 15) is 10.2 Å². The number of aryl methyl sites for hydroxylation is 2. The molecule has 5 nitrogen and oxygen atoms in total. The summed E-state index contributed by atoms with van der Waals surface area (Å²) in [5, 5.41) is 24.2. The summed E-state index contributed by atoms with van der Waals surface area (Å²) in [6.07, 6.45) is 3.93. The fourth-order valence-corrected chi connectivity index (χ4v) is 3.06. The third kappa shape index (κ3) is 2.37. The number of aliphatic hydroxyl groups is 2. The van der Waals surface area contributed by atoms with Crippen LogP contribution in [0.1, 0.15) is 36.9 Å². The molecule has 0 amide bonds. The molecule has 1 aromatic heterocycles. The first-order chi connectivity index (χ1) is 8.47. The van der Waals surface area contributed by atoms with Gasteiger partial charge in [-0.1, -0.05) is 12.8 Å². The Morgan fingerprint density at radius 3 is 2.56 bits per heavy atom. The van der Waals surface area contributed by atoms with Crippen molar-refractivity contribution >= 4 is 5.82 Å². The predicted molar refractivity (Wildman–Crippen MR) is 70.6 cm³/mol. The van der Waals surface area contributed by atoms with Crippen molar-refractivity contribution in [1.82, 2.24) is 9.78 Å². The van der Waals surface area contributed by atoms with Gasteiger partial charge in [-0.2, -0.15) is 5.10 Å². The summed E-state index contributed by atoms with van der Waals surface area (Å²) in [5.41, 5.74) is 1.11. The number of anilines is 1. The Morgan fingerprint density at radius 2 is 2.00 bits per heavy atom. The highest BCUT2D eigenvalue weighted by atomic mass is 16.3. The van der Waals surface area contributed by atoms with Gasteiger partial charge in [0.15, 0.2) is 0 Å². The molecule has 1 saturated carbocycles. The molecule has 1 aromatic rings. The number of hydrogen-bond acceptors (Lipinski definition) is 4. The zero-order valence-electron chi connectivity index (χ0n) is 11.5. The zero-order valence-corrected chi connectivity index (χ0v) is 11.5. The van der Waals surface area contributed by atoms with E-state index in [1.807, 2.05) is 25.9 Å². The van der Waals surface area contributed by atoms with Crippen LogP contribution in [0, 0.1) is 6.92 Å². The van der Waals surface area contributed by atoms with Crippen molar-refractivity contribution in [3.05, 3.63) is 11.3 Å². The van der Waals surface area contributed by atoms with Gasteiger partial charge in [0.05, 0.1) is 17.9 Å². The van der Waals surface area contributed by atoms with Gasteiger partial charge in [-0.15, -0.1) is 0 Å². The number of likely N-dealkylation sites (N-methyl/N-ethyl adjacent to an activating group) is 1. The minimum absolute atomic E-state index is 0.0161. The summed E-state index contributed by atoms with van der Waals surface area (Å²) in [4.78, 5) is 2.01. The van der Waals surface area contributed by atoms with E-state index in [1.54, 1.807) is 4.68 Å². The molecule has 0 atom stereocenters. The Hall–Kier alpha value is -1.07. The molecule has 5 heteroatoms. The molecule has 0 aromatic carbocycles. The quantitative estimate of drug-likeness (QED) is 0.839. The third-order valence-electron chi connectivity index (χ3n) is 3.90. The van der Waals surface area contributed by atoms with E-state index < -0.39 is 5.60 Å². The summed E-state index contributed by atoms with van der Waals surface area (Å²) >= 11 is 0. The zero-order chi connectivity index (χ0) is 13.3. The van der Waals surface area contributed by atoms with E-state index in [-0.39, 0.29) is 6.61 Å². The first-order valence-corrected chi connectivity index (χ1v) is 6.54. The first kappa shape index (κ1) is 13.4. The van der Waals surface area contributed by atoms with E-state index in [4.69, 9.17) is 0 Å². The van der Waals surface area contributed by atoms with Crippen LogP contribution in [0.4, 0.5) is 5.82 Å². The fraction of sp³-hybridized carbons (Fsp3) is 0.769. The maximum Gasteiger partial charge on any atom is 0.132 e. The normalized spacial score (nSPS) is 18.3. The second-order valence-corrected chi connectivity index (χ2v) is 5.46. The van der Waals surface area contributed by atoms with Gasteiger partial charge in [-0.3, -0.25) is 4.68 Å². The van der Waals surface area contributed by atoms with Crippen LogP contribution in [-0.4, -0.2) is 39.2 Å². The number of nitrogens with zero attached hydrogens (tertiary/aromatic N) is 3. The summed E-state index contributed by atoms with van der Waals surface area (Å²) in [5.74, 6) is 0.898. The molecule has 0 unspecified atom stereocenters. The number of hydrogen-bond donors (Lipinski definition) is 2. The van der Waals surface area contributed by atoms with Gasteiger partial charge >= 0.3 is 0 Å². The largest absolute Gasteiger partial charge is 0.391 e. The molecule has 18 heavy (non-hydrogen) atoms. The Labute approximate surface area is 108 Å². The smallest absolute Gasteiger partial charge is 0.132 e. The Balaban J connectivity index is 2.20. The van der Waals surface area contributed by atoms with Crippen LogP contribution in [0.5, 0.6) is 0 Å². The molecule has 1 heterocycles. The van der Waals surface area contributed by atoms with Gasteiger partial charge in [-0.05, 0) is 19.8 Å². The maximum atomic E-state index is 10.5. The Bertz CT molecular complexity index is 422. The first-order valence-electron chi connectivity index (χ1n) is 6.54. The van der Waals surface area contributed by atoms with Gasteiger partial charge in [0, 0.05) is 26.2 Å². The molecule has 1 aliphatic carbocycles. The molecule has 2 rings (SSSR count). The van der Waals surface area contributed by atoms with E-state index in [0.717, 1.165) is 42.8 Å². The van der Waals surface area contributed by atoms with Crippen LogP contribution in [0.15, 0.2) is 0 Å².